The topological polar surface area (TPSA) is 39.1 Å². The minimum atomic E-state index is 0.283. The molecule has 0 bridgehead atoms. The molecule has 2 rings (SSSR count). The van der Waals surface area contributed by atoms with Crippen molar-refractivity contribution in [3.63, 3.8) is 0 Å². The Balaban J connectivity index is 2.10. The van der Waals surface area contributed by atoms with Crippen LogP contribution in [0, 0.1) is 0 Å². The molecule has 0 spiro atoms. The highest BCUT2D eigenvalue weighted by atomic mass is 16.5. The number of rotatable bonds is 7. The van der Waals surface area contributed by atoms with Gasteiger partial charge in [0, 0.05) is 25.7 Å². The van der Waals surface area contributed by atoms with Gasteiger partial charge in [-0.3, -0.25) is 4.68 Å². The maximum atomic E-state index is 5.49. The molecule has 4 nitrogen and oxygen atoms in total. The second-order valence-corrected chi connectivity index (χ2v) is 4.80. The molecule has 4 heteroatoms. The Kier molecular flexibility index (Phi) is 5.18. The van der Waals surface area contributed by atoms with Crippen LogP contribution in [0.25, 0.3) is 0 Å². The van der Waals surface area contributed by atoms with Crippen molar-refractivity contribution >= 4 is 0 Å². The van der Waals surface area contributed by atoms with Crippen LogP contribution in [-0.4, -0.2) is 22.9 Å². The highest BCUT2D eigenvalue weighted by Gasteiger charge is 2.12. The van der Waals surface area contributed by atoms with Gasteiger partial charge < -0.3 is 10.1 Å². The van der Waals surface area contributed by atoms with Crippen molar-refractivity contribution in [2.24, 2.45) is 7.05 Å². The average molecular weight is 273 g/mol. The predicted molar refractivity (Wildman–Crippen MR) is 80.9 cm³/mol. The molecular weight excluding hydrogens is 250 g/mol. The summed E-state index contributed by atoms with van der Waals surface area (Å²) in [6.07, 6.45) is 2.87. The summed E-state index contributed by atoms with van der Waals surface area (Å²) in [5.74, 6) is 0.921. The van der Waals surface area contributed by atoms with Gasteiger partial charge >= 0.3 is 0 Å². The SMILES string of the molecule is CCNC(Cc1ccn(C)n1)c1ccc(OCC)cc1. The second kappa shape index (κ2) is 7.10. The summed E-state index contributed by atoms with van der Waals surface area (Å²) in [6, 6.07) is 10.7. The molecule has 1 unspecified atom stereocenters. The fraction of sp³-hybridized carbons (Fsp3) is 0.438. The van der Waals surface area contributed by atoms with Gasteiger partial charge in [0.25, 0.3) is 0 Å². The maximum absolute atomic E-state index is 5.49. The van der Waals surface area contributed by atoms with Gasteiger partial charge in [-0.25, -0.2) is 0 Å². The normalized spacial score (nSPS) is 12.3. The third-order valence-electron chi connectivity index (χ3n) is 3.23. The highest BCUT2D eigenvalue weighted by Crippen LogP contribution is 2.21. The summed E-state index contributed by atoms with van der Waals surface area (Å²) in [5, 5.41) is 7.98. The lowest BCUT2D eigenvalue weighted by atomic mass is 10.0. The van der Waals surface area contributed by atoms with Crippen molar-refractivity contribution in [1.29, 1.82) is 0 Å². The van der Waals surface area contributed by atoms with E-state index in [1.54, 1.807) is 0 Å². The number of nitrogens with zero attached hydrogens (tertiary/aromatic N) is 2. The summed E-state index contributed by atoms with van der Waals surface area (Å²) >= 11 is 0. The fourth-order valence-electron chi connectivity index (χ4n) is 2.30. The monoisotopic (exact) mass is 273 g/mol. The zero-order chi connectivity index (χ0) is 14.4. The third kappa shape index (κ3) is 3.84. The Morgan fingerprint density at radius 1 is 1.20 bits per heavy atom. The molecule has 1 N–H and O–H groups in total. The van der Waals surface area contributed by atoms with E-state index in [0.29, 0.717) is 6.61 Å². The van der Waals surface area contributed by atoms with Crippen molar-refractivity contribution < 1.29 is 4.74 Å². The first-order valence-electron chi connectivity index (χ1n) is 7.17. The number of ether oxygens (including phenoxy) is 1. The number of aromatic nitrogens is 2. The van der Waals surface area contributed by atoms with E-state index in [9.17, 15) is 0 Å². The minimum Gasteiger partial charge on any atom is -0.494 e. The Labute approximate surface area is 120 Å². The number of hydrogen-bond donors (Lipinski definition) is 1. The molecule has 0 aliphatic carbocycles. The van der Waals surface area contributed by atoms with Crippen LogP contribution in [0.15, 0.2) is 36.5 Å². The standard InChI is InChI=1S/C16H23N3O/c1-4-17-16(12-14-10-11-19(3)18-14)13-6-8-15(9-7-13)20-5-2/h6-11,16-17H,4-5,12H2,1-3H3. The van der Waals surface area contributed by atoms with Crippen LogP contribution in [0.5, 0.6) is 5.75 Å². The lowest BCUT2D eigenvalue weighted by Gasteiger charge is -2.17. The van der Waals surface area contributed by atoms with Crippen molar-refractivity contribution in [1.82, 2.24) is 15.1 Å². The quantitative estimate of drug-likeness (QED) is 0.843. The van der Waals surface area contributed by atoms with Crippen LogP contribution in [0.4, 0.5) is 0 Å². The molecular formula is C16H23N3O. The van der Waals surface area contributed by atoms with Crippen LogP contribution >= 0.6 is 0 Å². The van der Waals surface area contributed by atoms with Gasteiger partial charge in [0.1, 0.15) is 5.75 Å². The smallest absolute Gasteiger partial charge is 0.119 e. The molecule has 1 heterocycles. The zero-order valence-electron chi connectivity index (χ0n) is 12.5. The van der Waals surface area contributed by atoms with Crippen molar-refractivity contribution in [3.8, 4) is 5.75 Å². The van der Waals surface area contributed by atoms with Crippen molar-refractivity contribution in [3.05, 3.63) is 47.8 Å². The van der Waals surface area contributed by atoms with Gasteiger partial charge in [-0.05, 0) is 37.2 Å². The summed E-state index contributed by atoms with van der Waals surface area (Å²) in [6.45, 7) is 5.76. The molecule has 0 aliphatic rings. The van der Waals surface area contributed by atoms with Gasteiger partial charge in [-0.15, -0.1) is 0 Å². The van der Waals surface area contributed by atoms with Gasteiger partial charge in [0.15, 0.2) is 0 Å². The van der Waals surface area contributed by atoms with Gasteiger partial charge in [0.2, 0.25) is 0 Å². The molecule has 0 amide bonds. The first kappa shape index (κ1) is 14.6. The number of nitrogens with one attached hydrogen (secondary N) is 1. The van der Waals surface area contributed by atoms with E-state index in [-0.39, 0.29) is 6.04 Å². The Morgan fingerprint density at radius 3 is 2.50 bits per heavy atom. The second-order valence-electron chi connectivity index (χ2n) is 4.80. The Morgan fingerprint density at radius 2 is 1.95 bits per heavy atom. The number of benzene rings is 1. The molecule has 0 fully saturated rings. The largest absolute Gasteiger partial charge is 0.494 e. The molecule has 0 aliphatic heterocycles. The highest BCUT2D eigenvalue weighted by molar-refractivity contribution is 5.30. The van der Waals surface area contributed by atoms with Crippen LogP contribution < -0.4 is 10.1 Å². The lowest BCUT2D eigenvalue weighted by Crippen LogP contribution is -2.23. The predicted octanol–water partition coefficient (Wildman–Crippen LogP) is 2.71. The molecule has 20 heavy (non-hydrogen) atoms. The zero-order valence-corrected chi connectivity index (χ0v) is 12.5. The molecule has 2 aromatic rings. The average Bonchev–Trinajstić information content (AvgIpc) is 2.85. The number of hydrogen-bond acceptors (Lipinski definition) is 3. The van der Waals surface area contributed by atoms with Crippen molar-refractivity contribution in [2.45, 2.75) is 26.3 Å². The van der Waals surface area contributed by atoms with E-state index in [1.807, 2.05) is 37.0 Å². The van der Waals surface area contributed by atoms with E-state index in [0.717, 1.165) is 24.4 Å². The molecule has 0 saturated carbocycles. The van der Waals surface area contributed by atoms with Crippen LogP contribution in [0.3, 0.4) is 0 Å². The first-order chi connectivity index (χ1) is 9.72. The van der Waals surface area contributed by atoms with E-state index >= 15 is 0 Å². The summed E-state index contributed by atoms with van der Waals surface area (Å²) in [7, 11) is 1.95. The van der Waals surface area contributed by atoms with Crippen LogP contribution in [-0.2, 0) is 13.5 Å². The van der Waals surface area contributed by atoms with Gasteiger partial charge in [0.05, 0.1) is 12.3 Å². The van der Waals surface area contributed by atoms with Gasteiger partial charge in [-0.2, -0.15) is 5.10 Å². The maximum Gasteiger partial charge on any atom is 0.119 e. The van der Waals surface area contributed by atoms with Crippen LogP contribution in [0.1, 0.15) is 31.1 Å². The summed E-state index contributed by atoms with van der Waals surface area (Å²) in [4.78, 5) is 0. The molecule has 1 aromatic heterocycles. The van der Waals surface area contributed by atoms with Crippen molar-refractivity contribution in [2.75, 3.05) is 13.2 Å². The number of likely N-dealkylation sites (N-methyl/N-ethyl adjacent to an activating group) is 1. The third-order valence-corrected chi connectivity index (χ3v) is 3.23. The molecule has 0 saturated heterocycles. The number of aryl methyl sites for hydroxylation is 1. The molecule has 1 aromatic carbocycles. The van der Waals surface area contributed by atoms with E-state index in [4.69, 9.17) is 4.74 Å². The molecule has 108 valence electrons. The Hall–Kier alpha value is -1.81. The van der Waals surface area contributed by atoms with E-state index in [2.05, 4.69) is 35.5 Å². The van der Waals surface area contributed by atoms with E-state index in [1.165, 1.54) is 5.56 Å². The fourth-order valence-corrected chi connectivity index (χ4v) is 2.30. The van der Waals surface area contributed by atoms with Crippen LogP contribution in [0.2, 0.25) is 0 Å². The Bertz CT molecular complexity index is 519. The summed E-state index contributed by atoms with van der Waals surface area (Å²) < 4.78 is 7.33. The summed E-state index contributed by atoms with van der Waals surface area (Å²) in [5.41, 5.74) is 2.37. The van der Waals surface area contributed by atoms with Gasteiger partial charge in [-0.1, -0.05) is 19.1 Å². The molecule has 1 atom stereocenters. The van der Waals surface area contributed by atoms with E-state index < -0.39 is 0 Å². The first-order valence-corrected chi connectivity index (χ1v) is 7.17. The minimum absolute atomic E-state index is 0.283. The lowest BCUT2D eigenvalue weighted by molar-refractivity contribution is 0.340. The molecule has 0 radical (unpaired) electrons.